The fourth-order valence-electron chi connectivity index (χ4n) is 2.94. The fraction of sp³-hybridized carbons (Fsp3) is 0.333. The van der Waals surface area contributed by atoms with Crippen LogP contribution in [0.3, 0.4) is 0 Å². The van der Waals surface area contributed by atoms with Gasteiger partial charge in [0.1, 0.15) is 5.82 Å². The van der Waals surface area contributed by atoms with E-state index in [1.54, 1.807) is 16.0 Å². The summed E-state index contributed by atoms with van der Waals surface area (Å²) < 4.78 is 13.3. The zero-order chi connectivity index (χ0) is 17.8. The SMILES string of the molecule is O=C(Cc1cc[nH]c1)N1CCCN(C(=O)c2ccc(F)c(Cl)c2)CC1. The Kier molecular flexibility index (Phi) is 5.38. The molecule has 0 radical (unpaired) electrons. The lowest BCUT2D eigenvalue weighted by molar-refractivity contribution is -0.130. The summed E-state index contributed by atoms with van der Waals surface area (Å²) in [4.78, 5) is 31.4. The molecule has 7 heteroatoms. The van der Waals surface area contributed by atoms with Crippen LogP contribution in [0.4, 0.5) is 4.39 Å². The van der Waals surface area contributed by atoms with E-state index in [0.29, 0.717) is 44.6 Å². The van der Waals surface area contributed by atoms with Crippen molar-refractivity contribution in [2.75, 3.05) is 26.2 Å². The van der Waals surface area contributed by atoms with Gasteiger partial charge in [-0.15, -0.1) is 0 Å². The summed E-state index contributed by atoms with van der Waals surface area (Å²) in [5.41, 5.74) is 1.31. The molecule has 3 rings (SSSR count). The van der Waals surface area contributed by atoms with E-state index in [0.717, 1.165) is 5.56 Å². The van der Waals surface area contributed by atoms with Crippen LogP contribution in [0.5, 0.6) is 0 Å². The van der Waals surface area contributed by atoms with Gasteiger partial charge in [0.15, 0.2) is 0 Å². The summed E-state index contributed by atoms with van der Waals surface area (Å²) in [6.07, 6.45) is 4.66. The molecule has 1 N–H and O–H groups in total. The van der Waals surface area contributed by atoms with Gasteiger partial charge in [-0.05, 0) is 36.2 Å². The van der Waals surface area contributed by atoms with E-state index in [2.05, 4.69) is 4.98 Å². The second-order valence-corrected chi connectivity index (χ2v) is 6.46. The van der Waals surface area contributed by atoms with Gasteiger partial charge in [0.05, 0.1) is 11.4 Å². The first-order valence-electron chi connectivity index (χ1n) is 8.18. The fourth-order valence-corrected chi connectivity index (χ4v) is 3.12. The molecule has 132 valence electrons. The molecule has 1 aromatic heterocycles. The number of aromatic nitrogens is 1. The number of carbonyl (C=O) groups is 2. The molecule has 2 aromatic rings. The Morgan fingerprint density at radius 1 is 1.12 bits per heavy atom. The van der Waals surface area contributed by atoms with E-state index in [1.165, 1.54) is 18.2 Å². The van der Waals surface area contributed by atoms with E-state index < -0.39 is 5.82 Å². The molecule has 1 saturated heterocycles. The number of halogens is 2. The Bertz CT molecular complexity index is 764. The second-order valence-electron chi connectivity index (χ2n) is 6.05. The molecule has 0 atom stereocenters. The third-order valence-electron chi connectivity index (χ3n) is 4.32. The normalized spacial score (nSPS) is 15.1. The van der Waals surface area contributed by atoms with Gasteiger partial charge >= 0.3 is 0 Å². The molecular formula is C18H19ClFN3O2. The van der Waals surface area contributed by atoms with Crippen molar-refractivity contribution in [3.8, 4) is 0 Å². The first-order valence-corrected chi connectivity index (χ1v) is 8.56. The van der Waals surface area contributed by atoms with E-state index in [1.807, 2.05) is 12.3 Å². The van der Waals surface area contributed by atoms with E-state index >= 15 is 0 Å². The summed E-state index contributed by atoms with van der Waals surface area (Å²) >= 11 is 5.76. The van der Waals surface area contributed by atoms with Gasteiger partial charge in [-0.25, -0.2) is 4.39 Å². The van der Waals surface area contributed by atoms with Crippen LogP contribution in [0.25, 0.3) is 0 Å². The monoisotopic (exact) mass is 363 g/mol. The highest BCUT2D eigenvalue weighted by molar-refractivity contribution is 6.31. The van der Waals surface area contributed by atoms with Crippen LogP contribution in [0, 0.1) is 5.82 Å². The molecule has 1 fully saturated rings. The zero-order valence-corrected chi connectivity index (χ0v) is 14.4. The summed E-state index contributed by atoms with van der Waals surface area (Å²) in [6.45, 7) is 2.12. The molecule has 0 unspecified atom stereocenters. The van der Waals surface area contributed by atoms with Gasteiger partial charge in [0.2, 0.25) is 5.91 Å². The Morgan fingerprint density at radius 2 is 1.88 bits per heavy atom. The molecule has 0 aliphatic carbocycles. The van der Waals surface area contributed by atoms with Crippen LogP contribution in [-0.4, -0.2) is 52.8 Å². The summed E-state index contributed by atoms with van der Waals surface area (Å²) in [5, 5.41) is -0.0658. The first-order chi connectivity index (χ1) is 12.0. The number of benzene rings is 1. The quantitative estimate of drug-likeness (QED) is 0.911. The molecule has 1 aliphatic rings. The minimum atomic E-state index is -0.546. The smallest absolute Gasteiger partial charge is 0.253 e. The maximum absolute atomic E-state index is 13.3. The molecule has 0 spiro atoms. The van der Waals surface area contributed by atoms with Crippen molar-refractivity contribution in [2.45, 2.75) is 12.8 Å². The first kappa shape index (κ1) is 17.5. The average Bonchev–Trinajstić information content (AvgIpc) is 2.98. The highest BCUT2D eigenvalue weighted by Crippen LogP contribution is 2.18. The van der Waals surface area contributed by atoms with Crippen LogP contribution in [0.1, 0.15) is 22.3 Å². The predicted molar refractivity (Wildman–Crippen MR) is 93.0 cm³/mol. The number of hydrogen-bond donors (Lipinski definition) is 1. The van der Waals surface area contributed by atoms with Crippen LogP contribution in [0.15, 0.2) is 36.7 Å². The summed E-state index contributed by atoms with van der Waals surface area (Å²) in [6, 6.07) is 5.85. The number of nitrogens with zero attached hydrogens (tertiary/aromatic N) is 2. The largest absolute Gasteiger partial charge is 0.367 e. The highest BCUT2D eigenvalue weighted by Gasteiger charge is 2.23. The van der Waals surface area contributed by atoms with Crippen LogP contribution >= 0.6 is 11.6 Å². The Morgan fingerprint density at radius 3 is 2.60 bits per heavy atom. The second kappa shape index (κ2) is 7.70. The Hall–Kier alpha value is -2.34. The topological polar surface area (TPSA) is 56.4 Å². The third kappa shape index (κ3) is 4.20. The van der Waals surface area contributed by atoms with Gasteiger partial charge in [-0.2, -0.15) is 0 Å². The molecule has 0 bridgehead atoms. The lowest BCUT2D eigenvalue weighted by atomic mass is 10.2. The Balaban J connectivity index is 1.61. The number of aromatic amines is 1. The van der Waals surface area contributed by atoms with Crippen molar-refractivity contribution in [1.82, 2.24) is 14.8 Å². The number of nitrogens with one attached hydrogen (secondary N) is 1. The molecule has 2 heterocycles. The molecule has 1 aliphatic heterocycles. The minimum absolute atomic E-state index is 0.0544. The number of amides is 2. The van der Waals surface area contributed by atoms with Crippen molar-refractivity contribution in [2.24, 2.45) is 0 Å². The van der Waals surface area contributed by atoms with Crippen molar-refractivity contribution in [3.63, 3.8) is 0 Å². The van der Waals surface area contributed by atoms with E-state index in [9.17, 15) is 14.0 Å². The van der Waals surface area contributed by atoms with Crippen LogP contribution < -0.4 is 0 Å². The molecule has 2 amide bonds. The predicted octanol–water partition coefficient (Wildman–Crippen LogP) is 2.72. The van der Waals surface area contributed by atoms with Crippen molar-refractivity contribution < 1.29 is 14.0 Å². The number of hydrogen-bond acceptors (Lipinski definition) is 2. The Labute approximate surface area is 150 Å². The van der Waals surface area contributed by atoms with Gasteiger partial charge in [0, 0.05) is 44.1 Å². The van der Waals surface area contributed by atoms with Crippen LogP contribution in [-0.2, 0) is 11.2 Å². The number of carbonyl (C=O) groups excluding carboxylic acids is 2. The summed E-state index contributed by atoms with van der Waals surface area (Å²) in [7, 11) is 0. The van der Waals surface area contributed by atoms with Gasteiger partial charge < -0.3 is 14.8 Å². The van der Waals surface area contributed by atoms with Crippen LogP contribution in [0.2, 0.25) is 5.02 Å². The standard InChI is InChI=1S/C18H19ClFN3O2/c19-15-11-14(2-3-16(15)20)18(25)23-7-1-6-22(8-9-23)17(24)10-13-4-5-21-12-13/h2-5,11-12,21H,1,6-10H2. The lowest BCUT2D eigenvalue weighted by Gasteiger charge is -2.22. The zero-order valence-electron chi connectivity index (χ0n) is 13.7. The molecular weight excluding hydrogens is 345 g/mol. The molecule has 0 saturated carbocycles. The molecule has 1 aromatic carbocycles. The van der Waals surface area contributed by atoms with Crippen molar-refractivity contribution in [1.29, 1.82) is 0 Å². The average molecular weight is 364 g/mol. The molecule has 25 heavy (non-hydrogen) atoms. The third-order valence-corrected chi connectivity index (χ3v) is 4.61. The summed E-state index contributed by atoms with van der Waals surface area (Å²) in [5.74, 6) is -0.684. The van der Waals surface area contributed by atoms with Crippen molar-refractivity contribution >= 4 is 23.4 Å². The van der Waals surface area contributed by atoms with Crippen molar-refractivity contribution in [3.05, 3.63) is 58.6 Å². The maximum Gasteiger partial charge on any atom is 0.253 e. The highest BCUT2D eigenvalue weighted by atomic mass is 35.5. The van der Waals surface area contributed by atoms with Gasteiger partial charge in [-0.1, -0.05) is 11.6 Å². The van der Waals surface area contributed by atoms with Gasteiger partial charge in [0.25, 0.3) is 5.91 Å². The minimum Gasteiger partial charge on any atom is -0.367 e. The lowest BCUT2D eigenvalue weighted by Crippen LogP contribution is -2.38. The molecule has 5 nitrogen and oxygen atoms in total. The number of H-pyrrole nitrogens is 1. The van der Waals surface area contributed by atoms with Gasteiger partial charge in [-0.3, -0.25) is 9.59 Å². The number of rotatable bonds is 3. The van der Waals surface area contributed by atoms with E-state index in [-0.39, 0.29) is 16.8 Å². The maximum atomic E-state index is 13.3. The van der Waals surface area contributed by atoms with E-state index in [4.69, 9.17) is 11.6 Å².